The Morgan fingerprint density at radius 1 is 1.44 bits per heavy atom. The normalized spacial score (nSPS) is 29.6. The number of rotatable bonds is 5. The van der Waals surface area contributed by atoms with E-state index in [0.29, 0.717) is 18.8 Å². The molecule has 5 heteroatoms. The van der Waals surface area contributed by atoms with Crippen LogP contribution in [0.2, 0.25) is 0 Å². The molecule has 1 rings (SSSR count). The maximum absolute atomic E-state index is 11.7. The van der Waals surface area contributed by atoms with Crippen molar-refractivity contribution in [3.05, 3.63) is 0 Å². The molecule has 1 unspecified atom stereocenters. The van der Waals surface area contributed by atoms with Crippen LogP contribution >= 0.6 is 0 Å². The lowest BCUT2D eigenvalue weighted by atomic mass is 9.70. The van der Waals surface area contributed by atoms with Crippen LogP contribution in [0, 0.1) is 17.3 Å². The van der Waals surface area contributed by atoms with Crippen LogP contribution in [-0.4, -0.2) is 30.1 Å². The van der Waals surface area contributed by atoms with Gasteiger partial charge in [-0.3, -0.25) is 9.59 Å². The Hall–Kier alpha value is -1.10. The van der Waals surface area contributed by atoms with Crippen molar-refractivity contribution in [2.24, 2.45) is 23.0 Å². The average Bonchev–Trinajstić information content (AvgIpc) is 2.36. The Kier molecular flexibility index (Phi) is 5.14. The Balaban J connectivity index is 2.59. The van der Waals surface area contributed by atoms with Crippen molar-refractivity contribution in [3.63, 3.8) is 0 Å². The minimum absolute atomic E-state index is 0.156. The zero-order chi connectivity index (χ0) is 13.8. The van der Waals surface area contributed by atoms with Crippen LogP contribution < -0.4 is 11.1 Å². The van der Waals surface area contributed by atoms with Gasteiger partial charge >= 0.3 is 5.97 Å². The summed E-state index contributed by atoms with van der Waals surface area (Å²) in [4.78, 5) is 23.1. The van der Waals surface area contributed by atoms with E-state index >= 15 is 0 Å². The predicted octanol–water partition coefficient (Wildman–Crippen LogP) is 0.979. The number of carboxylic acid groups (broad SMARTS) is 1. The number of hydrogen-bond donors (Lipinski definition) is 3. The summed E-state index contributed by atoms with van der Waals surface area (Å²) in [7, 11) is 0. The molecule has 0 aliphatic heterocycles. The van der Waals surface area contributed by atoms with Gasteiger partial charge in [0.05, 0.1) is 5.41 Å². The fourth-order valence-corrected chi connectivity index (χ4v) is 2.32. The van der Waals surface area contributed by atoms with Gasteiger partial charge in [0.25, 0.3) is 0 Å². The van der Waals surface area contributed by atoms with E-state index in [1.807, 2.05) is 0 Å². The van der Waals surface area contributed by atoms with Crippen LogP contribution in [-0.2, 0) is 9.59 Å². The minimum atomic E-state index is -0.796. The van der Waals surface area contributed by atoms with Gasteiger partial charge in [-0.1, -0.05) is 13.8 Å². The van der Waals surface area contributed by atoms with Crippen molar-refractivity contribution in [1.82, 2.24) is 5.32 Å². The maximum atomic E-state index is 11.7. The summed E-state index contributed by atoms with van der Waals surface area (Å²) >= 11 is 0. The number of nitrogens with two attached hydrogens (primary N) is 1. The molecule has 4 N–H and O–H groups in total. The number of nitrogens with one attached hydrogen (secondary N) is 1. The van der Waals surface area contributed by atoms with E-state index in [0.717, 1.165) is 12.8 Å². The number of carbonyl (C=O) groups is 2. The van der Waals surface area contributed by atoms with Crippen molar-refractivity contribution in [2.75, 3.05) is 13.1 Å². The van der Waals surface area contributed by atoms with Gasteiger partial charge in [-0.15, -0.1) is 0 Å². The van der Waals surface area contributed by atoms with Gasteiger partial charge in [-0.25, -0.2) is 0 Å². The number of carboxylic acids is 1. The molecule has 18 heavy (non-hydrogen) atoms. The average molecular weight is 256 g/mol. The molecular weight excluding hydrogens is 232 g/mol. The number of aliphatic carboxylic acids is 1. The van der Waals surface area contributed by atoms with Crippen LogP contribution in [0.3, 0.4) is 0 Å². The zero-order valence-corrected chi connectivity index (χ0v) is 11.2. The quantitative estimate of drug-likeness (QED) is 0.683. The van der Waals surface area contributed by atoms with E-state index in [9.17, 15) is 14.7 Å². The molecular formula is C13H24N2O3. The second-order valence-corrected chi connectivity index (χ2v) is 5.62. The largest absolute Gasteiger partial charge is 0.481 e. The van der Waals surface area contributed by atoms with Crippen molar-refractivity contribution in [3.8, 4) is 0 Å². The summed E-state index contributed by atoms with van der Waals surface area (Å²) in [5.41, 5.74) is 4.63. The first kappa shape index (κ1) is 15.0. The smallest absolute Gasteiger partial charge is 0.311 e. The van der Waals surface area contributed by atoms with E-state index < -0.39 is 11.4 Å². The van der Waals surface area contributed by atoms with Gasteiger partial charge in [-0.2, -0.15) is 0 Å². The van der Waals surface area contributed by atoms with E-state index in [-0.39, 0.29) is 24.9 Å². The Morgan fingerprint density at radius 2 is 2.00 bits per heavy atom. The molecule has 0 aromatic rings. The molecule has 0 radical (unpaired) electrons. The third kappa shape index (κ3) is 3.45. The highest BCUT2D eigenvalue weighted by Crippen LogP contribution is 2.38. The molecule has 0 saturated heterocycles. The molecule has 0 aromatic heterocycles. The van der Waals surface area contributed by atoms with Gasteiger partial charge in [-0.05, 0) is 31.6 Å². The highest BCUT2D eigenvalue weighted by molar-refractivity contribution is 5.80. The Bertz CT molecular complexity index is 309. The molecule has 0 spiro atoms. The third-order valence-electron chi connectivity index (χ3n) is 4.09. The Labute approximate surface area is 108 Å². The molecule has 1 amide bonds. The maximum Gasteiger partial charge on any atom is 0.311 e. The second-order valence-electron chi connectivity index (χ2n) is 5.62. The van der Waals surface area contributed by atoms with Crippen LogP contribution in [0.15, 0.2) is 0 Å². The van der Waals surface area contributed by atoms with Crippen LogP contribution in [0.1, 0.15) is 39.5 Å². The summed E-state index contributed by atoms with van der Waals surface area (Å²) in [6.07, 6.45) is 3.10. The van der Waals surface area contributed by atoms with Gasteiger partial charge in [0.2, 0.25) is 5.91 Å². The van der Waals surface area contributed by atoms with E-state index in [4.69, 9.17) is 5.73 Å². The van der Waals surface area contributed by atoms with Crippen LogP contribution in [0.25, 0.3) is 0 Å². The number of carbonyl (C=O) groups excluding carboxylic acids is 1. The Morgan fingerprint density at radius 3 is 2.44 bits per heavy atom. The SMILES string of the molecule is CC1CCC(CNC(=O)C(C)CN)(C(=O)O)CC1. The second kappa shape index (κ2) is 6.18. The van der Waals surface area contributed by atoms with E-state index in [1.54, 1.807) is 6.92 Å². The lowest BCUT2D eigenvalue weighted by Gasteiger charge is -2.36. The lowest BCUT2D eigenvalue weighted by Crippen LogP contribution is -2.47. The fourth-order valence-electron chi connectivity index (χ4n) is 2.32. The van der Waals surface area contributed by atoms with Crippen LogP contribution in [0.4, 0.5) is 0 Å². The van der Waals surface area contributed by atoms with E-state index in [2.05, 4.69) is 12.2 Å². The summed E-state index contributed by atoms with van der Waals surface area (Å²) in [5, 5.41) is 12.1. The van der Waals surface area contributed by atoms with E-state index in [1.165, 1.54) is 0 Å². The predicted molar refractivity (Wildman–Crippen MR) is 68.9 cm³/mol. The first-order chi connectivity index (χ1) is 8.41. The lowest BCUT2D eigenvalue weighted by molar-refractivity contribution is -0.151. The summed E-state index contributed by atoms with van der Waals surface area (Å²) in [6, 6.07) is 0. The molecule has 5 nitrogen and oxygen atoms in total. The van der Waals surface area contributed by atoms with Gasteiger partial charge in [0, 0.05) is 19.0 Å². The first-order valence-electron chi connectivity index (χ1n) is 6.62. The molecule has 1 aliphatic rings. The molecule has 1 atom stereocenters. The molecule has 0 bridgehead atoms. The topological polar surface area (TPSA) is 92.4 Å². The number of hydrogen-bond acceptors (Lipinski definition) is 3. The van der Waals surface area contributed by atoms with Crippen molar-refractivity contribution < 1.29 is 14.7 Å². The fraction of sp³-hybridized carbons (Fsp3) is 0.846. The third-order valence-corrected chi connectivity index (χ3v) is 4.09. The summed E-state index contributed by atoms with van der Waals surface area (Å²) < 4.78 is 0. The highest BCUT2D eigenvalue weighted by atomic mass is 16.4. The van der Waals surface area contributed by atoms with Crippen molar-refractivity contribution in [2.45, 2.75) is 39.5 Å². The molecule has 1 aliphatic carbocycles. The minimum Gasteiger partial charge on any atom is -0.481 e. The number of amides is 1. The van der Waals surface area contributed by atoms with Gasteiger partial charge in [0.1, 0.15) is 0 Å². The van der Waals surface area contributed by atoms with Crippen molar-refractivity contribution >= 4 is 11.9 Å². The van der Waals surface area contributed by atoms with Crippen molar-refractivity contribution in [1.29, 1.82) is 0 Å². The standard InChI is InChI=1S/C13H24N2O3/c1-9-3-5-13(6-4-9,12(17)18)8-15-11(16)10(2)7-14/h9-10H,3-8,14H2,1-2H3,(H,15,16)(H,17,18). The monoisotopic (exact) mass is 256 g/mol. The summed E-state index contributed by atoms with van der Waals surface area (Å²) in [5.74, 6) is -0.638. The molecule has 0 aromatic carbocycles. The molecule has 104 valence electrons. The highest BCUT2D eigenvalue weighted by Gasteiger charge is 2.41. The summed E-state index contributed by atoms with van der Waals surface area (Å²) in [6.45, 7) is 4.38. The zero-order valence-electron chi connectivity index (χ0n) is 11.2. The van der Waals surface area contributed by atoms with Crippen LogP contribution in [0.5, 0.6) is 0 Å². The first-order valence-corrected chi connectivity index (χ1v) is 6.62. The van der Waals surface area contributed by atoms with Gasteiger partial charge < -0.3 is 16.2 Å². The molecule has 0 heterocycles. The van der Waals surface area contributed by atoms with Gasteiger partial charge in [0.15, 0.2) is 0 Å². The molecule has 1 fully saturated rings. The molecule has 1 saturated carbocycles.